The van der Waals surface area contributed by atoms with Crippen molar-refractivity contribution in [1.29, 1.82) is 5.26 Å². The van der Waals surface area contributed by atoms with Gasteiger partial charge in [0.2, 0.25) is 5.91 Å². The van der Waals surface area contributed by atoms with Crippen molar-refractivity contribution in [3.63, 3.8) is 0 Å². The minimum absolute atomic E-state index is 0.0258. The number of pyridine rings is 1. The molecule has 0 radical (unpaired) electrons. The molecule has 4 nitrogen and oxygen atoms in total. The Labute approximate surface area is 136 Å². The van der Waals surface area contributed by atoms with Gasteiger partial charge in [-0.25, -0.2) is 0 Å². The first-order chi connectivity index (χ1) is 10.5. The van der Waals surface area contributed by atoms with Gasteiger partial charge in [-0.2, -0.15) is 5.26 Å². The first-order valence-electron chi connectivity index (χ1n) is 7.74. The highest BCUT2D eigenvalue weighted by atomic mass is 32.2. The second kappa shape index (κ2) is 7.15. The SMILES string of the molecule is CC1CCC(C#N)(N(C)C(=O)[C@@H](C)Sc2ccncc2)CC1. The molecule has 2 rings (SSSR count). The van der Waals surface area contributed by atoms with E-state index in [9.17, 15) is 10.1 Å². The summed E-state index contributed by atoms with van der Waals surface area (Å²) in [5.41, 5.74) is -0.628. The van der Waals surface area contributed by atoms with E-state index in [1.165, 1.54) is 11.8 Å². The number of nitrogens with zero attached hydrogens (tertiary/aromatic N) is 3. The van der Waals surface area contributed by atoms with Crippen LogP contribution in [0.2, 0.25) is 0 Å². The van der Waals surface area contributed by atoms with Crippen molar-refractivity contribution in [3.8, 4) is 6.07 Å². The summed E-state index contributed by atoms with van der Waals surface area (Å²) in [6, 6.07) is 6.22. The second-order valence-electron chi connectivity index (χ2n) is 6.17. The zero-order valence-corrected chi connectivity index (χ0v) is 14.3. The number of carbonyl (C=O) groups is 1. The molecule has 0 aromatic carbocycles. The van der Waals surface area contributed by atoms with E-state index in [1.807, 2.05) is 19.1 Å². The summed E-state index contributed by atoms with van der Waals surface area (Å²) < 4.78 is 0. The minimum Gasteiger partial charge on any atom is -0.326 e. The van der Waals surface area contributed by atoms with E-state index in [0.29, 0.717) is 5.92 Å². The van der Waals surface area contributed by atoms with Gasteiger partial charge in [0.25, 0.3) is 0 Å². The van der Waals surface area contributed by atoms with Crippen LogP contribution in [0.3, 0.4) is 0 Å². The molecular weight excluding hydrogens is 294 g/mol. The van der Waals surface area contributed by atoms with E-state index < -0.39 is 5.54 Å². The van der Waals surface area contributed by atoms with Crippen LogP contribution >= 0.6 is 11.8 Å². The molecule has 0 N–H and O–H groups in total. The number of carbonyl (C=O) groups excluding carboxylic acids is 1. The fourth-order valence-corrected chi connectivity index (χ4v) is 3.86. The topological polar surface area (TPSA) is 57.0 Å². The number of rotatable bonds is 4. The first-order valence-corrected chi connectivity index (χ1v) is 8.62. The summed E-state index contributed by atoms with van der Waals surface area (Å²) in [5.74, 6) is 0.673. The van der Waals surface area contributed by atoms with E-state index >= 15 is 0 Å². The summed E-state index contributed by atoms with van der Waals surface area (Å²) in [6.45, 7) is 4.12. The van der Waals surface area contributed by atoms with Gasteiger partial charge < -0.3 is 4.90 Å². The highest BCUT2D eigenvalue weighted by Crippen LogP contribution is 2.36. The summed E-state index contributed by atoms with van der Waals surface area (Å²) in [5, 5.41) is 9.45. The van der Waals surface area contributed by atoms with Crippen LogP contribution in [0, 0.1) is 17.2 Å². The molecule has 1 amide bonds. The summed E-state index contributed by atoms with van der Waals surface area (Å²) in [6.07, 6.45) is 7.03. The van der Waals surface area contributed by atoms with E-state index in [4.69, 9.17) is 0 Å². The van der Waals surface area contributed by atoms with E-state index in [-0.39, 0.29) is 11.2 Å². The van der Waals surface area contributed by atoms with Crippen LogP contribution in [0.4, 0.5) is 0 Å². The molecule has 1 aromatic rings. The molecular formula is C17H23N3OS. The van der Waals surface area contributed by atoms with Crippen LogP contribution in [0.1, 0.15) is 39.5 Å². The molecule has 1 heterocycles. The molecule has 0 spiro atoms. The van der Waals surface area contributed by atoms with Crippen molar-refractivity contribution in [3.05, 3.63) is 24.5 Å². The molecule has 1 atom stereocenters. The average Bonchev–Trinajstić information content (AvgIpc) is 2.55. The molecule has 0 bridgehead atoms. The highest BCUT2D eigenvalue weighted by Gasteiger charge is 2.41. The monoisotopic (exact) mass is 317 g/mol. The molecule has 1 aromatic heterocycles. The van der Waals surface area contributed by atoms with Crippen molar-refractivity contribution >= 4 is 17.7 Å². The Bertz CT molecular complexity index is 547. The summed E-state index contributed by atoms with van der Waals surface area (Å²) in [7, 11) is 1.78. The average molecular weight is 317 g/mol. The molecule has 0 aliphatic heterocycles. The predicted octanol–water partition coefficient (Wildman–Crippen LogP) is 3.49. The van der Waals surface area contributed by atoms with Crippen LogP contribution in [0.5, 0.6) is 0 Å². The van der Waals surface area contributed by atoms with Crippen molar-refractivity contribution < 1.29 is 4.79 Å². The van der Waals surface area contributed by atoms with E-state index in [2.05, 4.69) is 18.0 Å². The maximum Gasteiger partial charge on any atom is 0.236 e. The zero-order valence-electron chi connectivity index (χ0n) is 13.5. The first kappa shape index (κ1) is 16.8. The van der Waals surface area contributed by atoms with Crippen molar-refractivity contribution in [1.82, 2.24) is 9.88 Å². The molecule has 22 heavy (non-hydrogen) atoms. The Balaban J connectivity index is 2.05. The van der Waals surface area contributed by atoms with E-state index in [1.54, 1.807) is 24.3 Å². The van der Waals surface area contributed by atoms with Gasteiger partial charge >= 0.3 is 0 Å². The molecule has 0 saturated heterocycles. The molecule has 0 unspecified atom stereocenters. The summed E-state index contributed by atoms with van der Waals surface area (Å²) >= 11 is 1.51. The van der Waals surface area contributed by atoms with Crippen molar-refractivity contribution in [2.24, 2.45) is 5.92 Å². The van der Waals surface area contributed by atoms with Gasteiger partial charge in [-0.15, -0.1) is 11.8 Å². The lowest BCUT2D eigenvalue weighted by Gasteiger charge is -2.41. The quantitative estimate of drug-likeness (QED) is 0.798. The van der Waals surface area contributed by atoms with Gasteiger partial charge in [0.1, 0.15) is 5.54 Å². The van der Waals surface area contributed by atoms with Gasteiger partial charge in [-0.05, 0) is 50.7 Å². The van der Waals surface area contributed by atoms with Crippen molar-refractivity contribution in [2.45, 2.75) is 55.2 Å². The summed E-state index contributed by atoms with van der Waals surface area (Å²) in [4.78, 5) is 19.4. The van der Waals surface area contributed by atoms with Gasteiger partial charge in [0.15, 0.2) is 0 Å². The number of hydrogen-bond donors (Lipinski definition) is 0. The van der Waals surface area contributed by atoms with Crippen LogP contribution in [-0.4, -0.2) is 33.6 Å². The number of nitriles is 1. The molecule has 1 aliphatic rings. The number of amides is 1. The lowest BCUT2D eigenvalue weighted by Crippen LogP contribution is -2.52. The maximum atomic E-state index is 12.7. The molecule has 1 fully saturated rings. The van der Waals surface area contributed by atoms with Gasteiger partial charge in [0, 0.05) is 24.3 Å². The van der Waals surface area contributed by atoms with Gasteiger partial charge in [0.05, 0.1) is 11.3 Å². The smallest absolute Gasteiger partial charge is 0.236 e. The Morgan fingerprint density at radius 3 is 2.59 bits per heavy atom. The Morgan fingerprint density at radius 2 is 2.05 bits per heavy atom. The fourth-order valence-electron chi connectivity index (χ4n) is 2.92. The molecule has 118 valence electrons. The zero-order chi connectivity index (χ0) is 16.2. The number of hydrogen-bond acceptors (Lipinski definition) is 4. The van der Waals surface area contributed by atoms with Crippen LogP contribution in [-0.2, 0) is 4.79 Å². The lowest BCUT2D eigenvalue weighted by atomic mass is 9.77. The molecule has 1 saturated carbocycles. The molecule has 5 heteroatoms. The third-order valence-electron chi connectivity index (χ3n) is 4.59. The largest absolute Gasteiger partial charge is 0.326 e. The Hall–Kier alpha value is -1.54. The minimum atomic E-state index is -0.628. The highest BCUT2D eigenvalue weighted by molar-refractivity contribution is 8.00. The van der Waals surface area contributed by atoms with Crippen LogP contribution in [0.15, 0.2) is 29.4 Å². The third kappa shape index (κ3) is 3.61. The lowest BCUT2D eigenvalue weighted by molar-refractivity contribution is -0.134. The predicted molar refractivity (Wildman–Crippen MR) is 88.3 cm³/mol. The van der Waals surface area contributed by atoms with Crippen LogP contribution in [0.25, 0.3) is 0 Å². The molecule has 1 aliphatic carbocycles. The standard InChI is InChI=1S/C17H23N3OS/c1-13-4-8-17(12-18,9-5-13)20(3)16(21)14(2)22-15-6-10-19-11-7-15/h6-7,10-11,13-14H,4-5,8-9H2,1-3H3/t13?,14-,17?/m1/s1. The number of aromatic nitrogens is 1. The van der Waals surface area contributed by atoms with E-state index in [0.717, 1.165) is 30.6 Å². The third-order valence-corrected chi connectivity index (χ3v) is 5.69. The Morgan fingerprint density at radius 1 is 1.45 bits per heavy atom. The maximum absolute atomic E-state index is 12.7. The van der Waals surface area contributed by atoms with Crippen molar-refractivity contribution in [2.75, 3.05) is 7.05 Å². The number of thioether (sulfide) groups is 1. The second-order valence-corrected chi connectivity index (χ2v) is 7.58. The van der Waals surface area contributed by atoms with Gasteiger partial charge in [-0.3, -0.25) is 9.78 Å². The van der Waals surface area contributed by atoms with Crippen LogP contribution < -0.4 is 0 Å². The Kier molecular flexibility index (Phi) is 5.47. The fraction of sp³-hybridized carbons (Fsp3) is 0.588. The normalized spacial score (nSPS) is 26.0. The van der Waals surface area contributed by atoms with Gasteiger partial charge in [-0.1, -0.05) is 6.92 Å².